The Hall–Kier alpha value is 0.190. The van der Waals surface area contributed by atoms with Crippen LogP contribution in [0, 0.1) is 3.57 Å². The van der Waals surface area contributed by atoms with Crippen LogP contribution in [-0.4, -0.2) is 18.3 Å². The third-order valence-electron chi connectivity index (χ3n) is 1.24. The molecule has 12 heavy (non-hydrogen) atoms. The van der Waals surface area contributed by atoms with Crippen molar-refractivity contribution in [3.63, 3.8) is 0 Å². The number of hydrogen-bond acceptors (Lipinski definition) is 2. The molecular formula is C8H8BrIO2. The molecule has 1 aromatic rings. The van der Waals surface area contributed by atoms with Gasteiger partial charge in [-0.3, -0.25) is 0 Å². The van der Waals surface area contributed by atoms with Crippen molar-refractivity contribution >= 4 is 38.5 Å². The molecule has 0 spiro atoms. The molecule has 1 N–H and O–H groups in total. The van der Waals surface area contributed by atoms with Crippen molar-refractivity contribution in [3.8, 4) is 5.75 Å². The molecule has 4 heteroatoms. The maximum atomic E-state index is 8.53. The lowest BCUT2D eigenvalue weighted by Gasteiger charge is -2.05. The molecule has 1 aromatic carbocycles. The lowest BCUT2D eigenvalue weighted by Crippen LogP contribution is -2.01. The second-order valence-electron chi connectivity index (χ2n) is 2.15. The van der Waals surface area contributed by atoms with E-state index in [9.17, 15) is 0 Å². The van der Waals surface area contributed by atoms with Gasteiger partial charge in [0, 0.05) is 3.57 Å². The quantitative estimate of drug-likeness (QED) is 0.855. The minimum atomic E-state index is 0.0401. The Balaban J connectivity index is 2.72. The lowest BCUT2D eigenvalue weighted by atomic mass is 10.3. The highest BCUT2D eigenvalue weighted by Gasteiger charge is 1.99. The fourth-order valence-electron chi connectivity index (χ4n) is 0.748. The number of halogens is 2. The number of benzene rings is 1. The van der Waals surface area contributed by atoms with Gasteiger partial charge in [-0.15, -0.1) is 0 Å². The molecule has 0 radical (unpaired) electrons. The zero-order valence-corrected chi connectivity index (χ0v) is 10.0. The van der Waals surface area contributed by atoms with Crippen molar-refractivity contribution in [1.29, 1.82) is 0 Å². The maximum absolute atomic E-state index is 8.53. The fourth-order valence-corrected chi connectivity index (χ4v) is 2.16. The molecule has 0 fully saturated rings. The Morgan fingerprint density at radius 3 is 2.83 bits per heavy atom. The van der Waals surface area contributed by atoms with Crippen LogP contribution in [0.15, 0.2) is 22.7 Å². The first-order valence-corrected chi connectivity index (χ1v) is 5.30. The molecular weight excluding hydrogens is 335 g/mol. The summed E-state index contributed by atoms with van der Waals surface area (Å²) < 4.78 is 7.31. The topological polar surface area (TPSA) is 29.5 Å². The molecule has 0 unspecified atom stereocenters. The second kappa shape index (κ2) is 5.04. The molecule has 66 valence electrons. The summed E-state index contributed by atoms with van der Waals surface area (Å²) in [5.41, 5.74) is 0. The first-order valence-electron chi connectivity index (χ1n) is 3.43. The average Bonchev–Trinajstić information content (AvgIpc) is 2.03. The predicted octanol–water partition coefficient (Wildman–Crippen LogP) is 2.42. The predicted molar refractivity (Wildman–Crippen MR) is 59.4 cm³/mol. The molecule has 1 rings (SSSR count). The smallest absolute Gasteiger partial charge is 0.133 e. The van der Waals surface area contributed by atoms with Gasteiger partial charge >= 0.3 is 0 Å². The summed E-state index contributed by atoms with van der Waals surface area (Å²) in [7, 11) is 0. The van der Waals surface area contributed by atoms with E-state index >= 15 is 0 Å². The van der Waals surface area contributed by atoms with Gasteiger partial charge in [-0.1, -0.05) is 0 Å². The number of aliphatic hydroxyl groups excluding tert-OH is 1. The number of ether oxygens (including phenoxy) is 1. The van der Waals surface area contributed by atoms with E-state index in [1.54, 1.807) is 0 Å². The van der Waals surface area contributed by atoms with Gasteiger partial charge in [-0.05, 0) is 56.7 Å². The van der Waals surface area contributed by atoms with Crippen LogP contribution >= 0.6 is 38.5 Å². The van der Waals surface area contributed by atoms with E-state index in [1.807, 2.05) is 18.2 Å². The molecule has 0 saturated heterocycles. The van der Waals surface area contributed by atoms with Crippen molar-refractivity contribution in [2.24, 2.45) is 0 Å². The third kappa shape index (κ3) is 2.91. The summed E-state index contributed by atoms with van der Waals surface area (Å²) in [5.74, 6) is 0.768. The molecule has 0 aliphatic carbocycles. The molecule has 2 nitrogen and oxygen atoms in total. The van der Waals surface area contributed by atoms with Crippen molar-refractivity contribution in [1.82, 2.24) is 0 Å². The van der Waals surface area contributed by atoms with Gasteiger partial charge in [0.2, 0.25) is 0 Å². The number of rotatable bonds is 3. The molecule has 0 aliphatic rings. The summed E-state index contributed by atoms with van der Waals surface area (Å²) in [6.07, 6.45) is 0. The highest BCUT2D eigenvalue weighted by atomic mass is 127. The first-order chi connectivity index (χ1) is 5.74. The highest BCUT2D eigenvalue weighted by molar-refractivity contribution is 14.1. The van der Waals surface area contributed by atoms with Crippen LogP contribution in [0.1, 0.15) is 0 Å². The zero-order valence-electron chi connectivity index (χ0n) is 6.26. The lowest BCUT2D eigenvalue weighted by molar-refractivity contribution is 0.200. The summed E-state index contributed by atoms with van der Waals surface area (Å²) in [6, 6.07) is 5.80. The highest BCUT2D eigenvalue weighted by Crippen LogP contribution is 2.26. The van der Waals surface area contributed by atoms with Gasteiger partial charge in [0.25, 0.3) is 0 Å². The summed E-state index contributed by atoms with van der Waals surface area (Å²) in [4.78, 5) is 0. The van der Waals surface area contributed by atoms with E-state index in [0.29, 0.717) is 6.61 Å². The number of hydrogen-bond donors (Lipinski definition) is 1. The van der Waals surface area contributed by atoms with Crippen LogP contribution in [0.2, 0.25) is 0 Å². The van der Waals surface area contributed by atoms with Crippen LogP contribution < -0.4 is 4.74 Å². The van der Waals surface area contributed by atoms with Crippen LogP contribution in [0.4, 0.5) is 0 Å². The van der Waals surface area contributed by atoms with E-state index in [-0.39, 0.29) is 6.61 Å². The monoisotopic (exact) mass is 342 g/mol. The van der Waals surface area contributed by atoms with Crippen LogP contribution in [0.5, 0.6) is 5.75 Å². The number of aliphatic hydroxyl groups is 1. The zero-order chi connectivity index (χ0) is 8.97. The fraction of sp³-hybridized carbons (Fsp3) is 0.250. The Morgan fingerprint density at radius 1 is 1.50 bits per heavy atom. The summed E-state index contributed by atoms with van der Waals surface area (Å²) in [5, 5.41) is 8.53. The van der Waals surface area contributed by atoms with Crippen LogP contribution in [0.3, 0.4) is 0 Å². The minimum Gasteiger partial charge on any atom is -0.490 e. The van der Waals surface area contributed by atoms with Crippen molar-refractivity contribution in [2.75, 3.05) is 13.2 Å². The van der Waals surface area contributed by atoms with Crippen LogP contribution in [0.25, 0.3) is 0 Å². The molecule has 0 aromatic heterocycles. The van der Waals surface area contributed by atoms with Gasteiger partial charge in [-0.25, -0.2) is 0 Å². The van der Waals surface area contributed by atoms with Gasteiger partial charge in [-0.2, -0.15) is 0 Å². The van der Waals surface area contributed by atoms with Gasteiger partial charge < -0.3 is 9.84 Å². The third-order valence-corrected chi connectivity index (χ3v) is 2.53. The molecule has 0 atom stereocenters. The Morgan fingerprint density at radius 2 is 2.25 bits per heavy atom. The standard InChI is InChI=1S/C8H8BrIO2/c9-7-5-6(10)1-2-8(7)12-4-3-11/h1-2,5,11H,3-4H2. The van der Waals surface area contributed by atoms with Gasteiger partial charge in [0.15, 0.2) is 0 Å². The van der Waals surface area contributed by atoms with E-state index < -0.39 is 0 Å². The van der Waals surface area contributed by atoms with E-state index in [2.05, 4.69) is 38.5 Å². The van der Waals surface area contributed by atoms with E-state index in [4.69, 9.17) is 9.84 Å². The van der Waals surface area contributed by atoms with Crippen molar-refractivity contribution in [3.05, 3.63) is 26.2 Å². The Kier molecular flexibility index (Phi) is 4.31. The summed E-state index contributed by atoms with van der Waals surface area (Å²) in [6.45, 7) is 0.373. The van der Waals surface area contributed by atoms with Gasteiger partial charge in [0.05, 0.1) is 11.1 Å². The maximum Gasteiger partial charge on any atom is 0.133 e. The second-order valence-corrected chi connectivity index (χ2v) is 4.25. The molecule has 0 aliphatic heterocycles. The first kappa shape index (κ1) is 10.3. The van der Waals surface area contributed by atoms with Crippen molar-refractivity contribution in [2.45, 2.75) is 0 Å². The summed E-state index contributed by atoms with van der Waals surface area (Å²) >= 11 is 5.59. The average molecular weight is 343 g/mol. The van der Waals surface area contributed by atoms with Crippen LogP contribution in [-0.2, 0) is 0 Å². The van der Waals surface area contributed by atoms with E-state index in [0.717, 1.165) is 13.8 Å². The molecule has 0 bridgehead atoms. The van der Waals surface area contributed by atoms with Crippen molar-refractivity contribution < 1.29 is 9.84 Å². The largest absolute Gasteiger partial charge is 0.490 e. The molecule has 0 heterocycles. The Bertz CT molecular complexity index is 265. The van der Waals surface area contributed by atoms with E-state index in [1.165, 1.54) is 0 Å². The molecule has 0 saturated carbocycles. The SMILES string of the molecule is OCCOc1ccc(I)cc1Br. The molecule has 0 amide bonds. The normalized spacial score (nSPS) is 9.92. The minimum absolute atomic E-state index is 0.0401. The Labute approximate surface area is 93.2 Å². The van der Waals surface area contributed by atoms with Gasteiger partial charge in [0.1, 0.15) is 12.4 Å².